The SMILES string of the molecule is O=C1NC(=O)C(c2cn(CCN3CCCC3)c3ccccc23)=C1c1csc2ccc(Cl)cc12. The molecular weight excluding hydrogens is 454 g/mol. The molecule has 2 aliphatic rings. The van der Waals surface area contributed by atoms with Gasteiger partial charge in [0.1, 0.15) is 0 Å². The number of aromatic nitrogens is 1. The van der Waals surface area contributed by atoms with Gasteiger partial charge in [-0.05, 0) is 50.2 Å². The normalized spacial score (nSPS) is 17.1. The number of hydrogen-bond donors (Lipinski definition) is 1. The first-order valence-corrected chi connectivity index (χ1v) is 12.4. The largest absolute Gasteiger partial charge is 0.346 e. The van der Waals surface area contributed by atoms with Crippen molar-refractivity contribution in [2.75, 3.05) is 19.6 Å². The lowest BCUT2D eigenvalue weighted by Gasteiger charge is -2.15. The van der Waals surface area contributed by atoms with E-state index in [2.05, 4.69) is 20.9 Å². The van der Waals surface area contributed by atoms with Crippen LogP contribution in [-0.4, -0.2) is 40.9 Å². The highest BCUT2D eigenvalue weighted by molar-refractivity contribution is 7.17. The summed E-state index contributed by atoms with van der Waals surface area (Å²) in [5.74, 6) is -0.706. The minimum absolute atomic E-state index is 0.348. The fourth-order valence-electron chi connectivity index (χ4n) is 5.05. The van der Waals surface area contributed by atoms with E-state index in [0.29, 0.717) is 16.2 Å². The number of para-hydroxylation sites is 1. The Kier molecular flexibility index (Phi) is 5.09. The van der Waals surface area contributed by atoms with E-state index in [0.717, 1.165) is 58.3 Å². The van der Waals surface area contributed by atoms with Crippen molar-refractivity contribution in [1.29, 1.82) is 0 Å². The van der Waals surface area contributed by atoms with Gasteiger partial charge in [-0.3, -0.25) is 14.9 Å². The van der Waals surface area contributed by atoms with E-state index in [-0.39, 0.29) is 11.8 Å². The van der Waals surface area contributed by atoms with Gasteiger partial charge in [0.15, 0.2) is 0 Å². The number of fused-ring (bicyclic) bond motifs is 2. The smallest absolute Gasteiger partial charge is 0.259 e. The van der Waals surface area contributed by atoms with Crippen molar-refractivity contribution in [2.45, 2.75) is 19.4 Å². The third-order valence-electron chi connectivity index (χ3n) is 6.65. The molecule has 0 aliphatic carbocycles. The Bertz CT molecular complexity index is 1460. The molecule has 7 heteroatoms. The van der Waals surface area contributed by atoms with Crippen LogP contribution in [0.4, 0.5) is 0 Å². The van der Waals surface area contributed by atoms with Crippen LogP contribution in [0, 0.1) is 0 Å². The topological polar surface area (TPSA) is 54.3 Å². The summed E-state index contributed by atoms with van der Waals surface area (Å²) in [4.78, 5) is 28.6. The van der Waals surface area contributed by atoms with Gasteiger partial charge in [0.25, 0.3) is 11.8 Å². The van der Waals surface area contributed by atoms with Crippen LogP contribution in [0.15, 0.2) is 54.0 Å². The van der Waals surface area contributed by atoms with Crippen LogP contribution < -0.4 is 5.32 Å². The third kappa shape index (κ3) is 3.50. The molecule has 5 nitrogen and oxygen atoms in total. The highest BCUT2D eigenvalue weighted by atomic mass is 35.5. The highest BCUT2D eigenvalue weighted by Gasteiger charge is 2.35. The number of carbonyl (C=O) groups excluding carboxylic acids is 2. The van der Waals surface area contributed by atoms with E-state index in [9.17, 15) is 9.59 Å². The van der Waals surface area contributed by atoms with Crippen molar-refractivity contribution >= 4 is 66.9 Å². The number of benzene rings is 2. The van der Waals surface area contributed by atoms with Crippen LogP contribution in [0.2, 0.25) is 5.02 Å². The molecule has 0 unspecified atom stereocenters. The molecule has 0 bridgehead atoms. The molecule has 2 amide bonds. The molecule has 6 rings (SSSR count). The Morgan fingerprint density at radius 3 is 2.48 bits per heavy atom. The van der Waals surface area contributed by atoms with E-state index in [1.165, 1.54) is 12.8 Å². The zero-order valence-electron chi connectivity index (χ0n) is 17.9. The molecule has 0 saturated carbocycles. The number of thiophene rings is 1. The highest BCUT2D eigenvalue weighted by Crippen LogP contribution is 2.40. The summed E-state index contributed by atoms with van der Waals surface area (Å²) in [7, 11) is 0. The monoisotopic (exact) mass is 475 g/mol. The fraction of sp³-hybridized carbons (Fsp3) is 0.231. The maximum Gasteiger partial charge on any atom is 0.259 e. The summed E-state index contributed by atoms with van der Waals surface area (Å²) >= 11 is 7.80. The van der Waals surface area contributed by atoms with Gasteiger partial charge in [0.2, 0.25) is 0 Å². The Morgan fingerprint density at radius 1 is 0.909 bits per heavy atom. The van der Waals surface area contributed by atoms with Gasteiger partial charge in [-0.1, -0.05) is 29.8 Å². The molecule has 2 aliphatic heterocycles. The van der Waals surface area contributed by atoms with E-state index in [1.54, 1.807) is 11.3 Å². The predicted molar refractivity (Wildman–Crippen MR) is 134 cm³/mol. The standard InChI is InChI=1S/C26H22ClN3O2S/c27-16-7-8-22-18(13-16)20(15-33-22)24-23(25(31)28-26(24)32)19-14-30(12-11-29-9-3-4-10-29)21-6-2-1-5-17(19)21/h1-2,5-8,13-15H,3-4,9-12H2,(H,28,31,32). The number of halogens is 1. The first-order valence-electron chi connectivity index (χ1n) is 11.2. The second-order valence-electron chi connectivity index (χ2n) is 8.63. The van der Waals surface area contributed by atoms with Crippen molar-refractivity contribution in [1.82, 2.24) is 14.8 Å². The van der Waals surface area contributed by atoms with Gasteiger partial charge in [-0.15, -0.1) is 11.3 Å². The minimum atomic E-state index is -0.358. The molecule has 166 valence electrons. The Hall–Kier alpha value is -2.93. The lowest BCUT2D eigenvalue weighted by molar-refractivity contribution is -0.122. The number of amides is 2. The first-order chi connectivity index (χ1) is 16.1. The average Bonchev–Trinajstić information content (AvgIpc) is 3.58. The number of imide groups is 1. The summed E-state index contributed by atoms with van der Waals surface area (Å²) in [6, 6.07) is 13.8. The lowest BCUT2D eigenvalue weighted by Crippen LogP contribution is -2.23. The summed E-state index contributed by atoms with van der Waals surface area (Å²) in [5.41, 5.74) is 3.49. The zero-order chi connectivity index (χ0) is 22.5. The molecular formula is C26H22ClN3O2S. The molecule has 4 aromatic rings. The average molecular weight is 476 g/mol. The van der Waals surface area contributed by atoms with Gasteiger partial charge >= 0.3 is 0 Å². The second-order valence-corrected chi connectivity index (χ2v) is 9.97. The molecule has 1 saturated heterocycles. The summed E-state index contributed by atoms with van der Waals surface area (Å²) in [6.45, 7) is 4.11. The van der Waals surface area contributed by atoms with Crippen molar-refractivity contribution in [3.63, 3.8) is 0 Å². The van der Waals surface area contributed by atoms with Gasteiger partial charge in [-0.25, -0.2) is 0 Å². The number of nitrogens with one attached hydrogen (secondary N) is 1. The summed E-state index contributed by atoms with van der Waals surface area (Å²) in [5, 5.41) is 6.96. The first kappa shape index (κ1) is 20.7. The Balaban J connectivity index is 1.52. The maximum atomic E-state index is 13.1. The number of rotatable bonds is 5. The quantitative estimate of drug-likeness (QED) is 0.405. The maximum absolute atomic E-state index is 13.1. The van der Waals surface area contributed by atoms with E-state index >= 15 is 0 Å². The van der Waals surface area contributed by atoms with Crippen molar-refractivity contribution in [3.05, 3.63) is 70.2 Å². The minimum Gasteiger partial charge on any atom is -0.346 e. The molecule has 0 spiro atoms. The van der Waals surface area contributed by atoms with Gasteiger partial charge < -0.3 is 9.47 Å². The van der Waals surface area contributed by atoms with Crippen LogP contribution in [0.5, 0.6) is 0 Å². The van der Waals surface area contributed by atoms with Crippen LogP contribution in [0.25, 0.3) is 32.1 Å². The van der Waals surface area contributed by atoms with Crippen molar-refractivity contribution < 1.29 is 9.59 Å². The van der Waals surface area contributed by atoms with Crippen molar-refractivity contribution in [3.8, 4) is 0 Å². The summed E-state index contributed by atoms with van der Waals surface area (Å²) in [6.07, 6.45) is 4.55. The van der Waals surface area contributed by atoms with Gasteiger partial charge in [0.05, 0.1) is 11.1 Å². The molecule has 2 aromatic carbocycles. The van der Waals surface area contributed by atoms with E-state index in [1.807, 2.05) is 48.0 Å². The fourth-order valence-corrected chi connectivity index (χ4v) is 6.15. The van der Waals surface area contributed by atoms with Crippen LogP contribution >= 0.6 is 22.9 Å². The third-order valence-corrected chi connectivity index (χ3v) is 7.85. The molecule has 4 heterocycles. The summed E-state index contributed by atoms with van der Waals surface area (Å²) < 4.78 is 3.24. The zero-order valence-corrected chi connectivity index (χ0v) is 19.5. The molecule has 1 fully saturated rings. The number of likely N-dealkylation sites (tertiary alicyclic amines) is 1. The number of nitrogens with zero attached hydrogens (tertiary/aromatic N) is 2. The van der Waals surface area contributed by atoms with Gasteiger partial charge in [0, 0.05) is 61.8 Å². The number of hydrogen-bond acceptors (Lipinski definition) is 4. The molecule has 0 radical (unpaired) electrons. The Morgan fingerprint density at radius 2 is 1.67 bits per heavy atom. The predicted octanol–water partition coefficient (Wildman–Crippen LogP) is 5.17. The Labute approximate surface area is 200 Å². The number of carbonyl (C=O) groups is 2. The van der Waals surface area contributed by atoms with Crippen LogP contribution in [0.1, 0.15) is 24.0 Å². The molecule has 2 aromatic heterocycles. The van der Waals surface area contributed by atoms with Gasteiger partial charge in [-0.2, -0.15) is 0 Å². The van der Waals surface area contributed by atoms with E-state index < -0.39 is 0 Å². The van der Waals surface area contributed by atoms with Crippen molar-refractivity contribution in [2.24, 2.45) is 0 Å². The lowest BCUT2D eigenvalue weighted by atomic mass is 9.95. The molecule has 1 N–H and O–H groups in total. The molecule has 33 heavy (non-hydrogen) atoms. The van der Waals surface area contributed by atoms with Crippen LogP contribution in [-0.2, 0) is 16.1 Å². The van der Waals surface area contributed by atoms with Crippen LogP contribution in [0.3, 0.4) is 0 Å². The second kappa shape index (κ2) is 8.13. The van der Waals surface area contributed by atoms with E-state index in [4.69, 9.17) is 11.6 Å². The molecule has 0 atom stereocenters.